The van der Waals surface area contributed by atoms with Crippen molar-refractivity contribution in [3.8, 4) is 11.3 Å². The molecule has 1 heterocycles. The fraction of sp³-hybridized carbons (Fsp3) is 0. The number of carbonyl (C=O) groups is 1. The van der Waals surface area contributed by atoms with E-state index in [1.54, 1.807) is 0 Å². The van der Waals surface area contributed by atoms with Crippen molar-refractivity contribution in [1.82, 2.24) is 4.98 Å². The van der Waals surface area contributed by atoms with E-state index >= 15 is 0 Å². The Hall–Kier alpha value is -1.68. The van der Waals surface area contributed by atoms with Crippen LogP contribution >= 0.6 is 11.3 Å². The van der Waals surface area contributed by atoms with Crippen LogP contribution in [0.5, 0.6) is 0 Å². The standard InChI is InChI=1S/C10H8N2OS/c11-8-3-1-7(2-4-8)9-6-14-10(5-13)12-9/h1-6H,11H2. The fourth-order valence-electron chi connectivity index (χ4n) is 1.13. The van der Waals surface area contributed by atoms with Crippen LogP contribution in [-0.4, -0.2) is 11.3 Å². The second-order valence-corrected chi connectivity index (χ2v) is 3.70. The molecular weight excluding hydrogens is 196 g/mol. The molecule has 70 valence electrons. The molecule has 0 aliphatic carbocycles. The van der Waals surface area contributed by atoms with E-state index in [0.29, 0.717) is 5.01 Å². The molecule has 0 radical (unpaired) electrons. The van der Waals surface area contributed by atoms with E-state index in [9.17, 15) is 4.79 Å². The molecule has 0 bridgehead atoms. The van der Waals surface area contributed by atoms with Gasteiger partial charge in [-0.15, -0.1) is 11.3 Å². The Morgan fingerprint density at radius 2 is 2.00 bits per heavy atom. The maximum atomic E-state index is 10.4. The second-order valence-electron chi connectivity index (χ2n) is 2.81. The first kappa shape index (κ1) is 8.90. The lowest BCUT2D eigenvalue weighted by Crippen LogP contribution is -1.84. The number of anilines is 1. The van der Waals surface area contributed by atoms with E-state index in [1.165, 1.54) is 11.3 Å². The van der Waals surface area contributed by atoms with Crippen LogP contribution in [0.15, 0.2) is 29.6 Å². The van der Waals surface area contributed by atoms with E-state index in [-0.39, 0.29) is 0 Å². The molecule has 14 heavy (non-hydrogen) atoms. The highest BCUT2D eigenvalue weighted by molar-refractivity contribution is 7.11. The zero-order valence-corrected chi connectivity index (χ0v) is 8.12. The van der Waals surface area contributed by atoms with Gasteiger partial charge in [0.15, 0.2) is 11.3 Å². The van der Waals surface area contributed by atoms with Crippen LogP contribution < -0.4 is 5.73 Å². The van der Waals surface area contributed by atoms with Crippen LogP contribution in [0.3, 0.4) is 0 Å². The topological polar surface area (TPSA) is 56.0 Å². The molecule has 0 aliphatic heterocycles. The molecule has 0 saturated carbocycles. The molecule has 1 aromatic heterocycles. The van der Waals surface area contributed by atoms with Crippen molar-refractivity contribution < 1.29 is 4.79 Å². The highest BCUT2D eigenvalue weighted by atomic mass is 32.1. The minimum atomic E-state index is 0.497. The summed E-state index contributed by atoms with van der Waals surface area (Å²) in [5, 5.41) is 2.35. The van der Waals surface area contributed by atoms with Crippen molar-refractivity contribution in [1.29, 1.82) is 0 Å². The van der Waals surface area contributed by atoms with Crippen molar-refractivity contribution in [2.75, 3.05) is 5.73 Å². The van der Waals surface area contributed by atoms with Gasteiger partial charge in [0, 0.05) is 16.6 Å². The van der Waals surface area contributed by atoms with Crippen molar-refractivity contribution in [2.24, 2.45) is 0 Å². The number of hydrogen-bond donors (Lipinski definition) is 1. The highest BCUT2D eigenvalue weighted by Gasteiger charge is 2.02. The third-order valence-electron chi connectivity index (χ3n) is 1.83. The molecule has 0 fully saturated rings. The molecule has 0 amide bonds. The lowest BCUT2D eigenvalue weighted by molar-refractivity contribution is 0.112. The molecular formula is C10H8N2OS. The summed E-state index contributed by atoms with van der Waals surface area (Å²) in [4.78, 5) is 14.6. The number of thiazole rings is 1. The predicted octanol–water partition coefficient (Wildman–Crippen LogP) is 2.20. The average molecular weight is 204 g/mol. The van der Waals surface area contributed by atoms with E-state index in [1.807, 2.05) is 29.6 Å². The quantitative estimate of drug-likeness (QED) is 0.602. The maximum Gasteiger partial charge on any atom is 0.178 e. The summed E-state index contributed by atoms with van der Waals surface area (Å²) in [6, 6.07) is 7.41. The fourth-order valence-corrected chi connectivity index (χ4v) is 1.76. The van der Waals surface area contributed by atoms with Gasteiger partial charge in [-0.05, 0) is 12.1 Å². The van der Waals surface area contributed by atoms with Gasteiger partial charge >= 0.3 is 0 Å². The largest absolute Gasteiger partial charge is 0.399 e. The Morgan fingerprint density at radius 1 is 1.29 bits per heavy atom. The van der Waals surface area contributed by atoms with Gasteiger partial charge in [-0.2, -0.15) is 0 Å². The van der Waals surface area contributed by atoms with Gasteiger partial charge in [0.2, 0.25) is 0 Å². The first-order chi connectivity index (χ1) is 6.79. The first-order valence-corrected chi connectivity index (χ1v) is 4.94. The Bertz CT molecular complexity index is 447. The summed E-state index contributed by atoms with van der Waals surface area (Å²) in [7, 11) is 0. The summed E-state index contributed by atoms with van der Waals surface area (Å²) >= 11 is 1.34. The Labute approximate surface area is 85.2 Å². The van der Waals surface area contributed by atoms with Gasteiger partial charge in [0.25, 0.3) is 0 Å². The normalized spacial score (nSPS) is 10.0. The minimum Gasteiger partial charge on any atom is -0.399 e. The van der Waals surface area contributed by atoms with E-state index in [2.05, 4.69) is 4.98 Å². The Kier molecular flexibility index (Phi) is 2.28. The lowest BCUT2D eigenvalue weighted by Gasteiger charge is -1.96. The van der Waals surface area contributed by atoms with Crippen LogP contribution in [0.4, 0.5) is 5.69 Å². The molecule has 0 aliphatic rings. The smallest absolute Gasteiger partial charge is 0.178 e. The Morgan fingerprint density at radius 3 is 2.57 bits per heavy atom. The summed E-state index contributed by atoms with van der Waals surface area (Å²) < 4.78 is 0. The van der Waals surface area contributed by atoms with Crippen LogP contribution in [0.1, 0.15) is 9.80 Å². The van der Waals surface area contributed by atoms with E-state index in [0.717, 1.165) is 23.2 Å². The molecule has 0 unspecified atom stereocenters. The summed E-state index contributed by atoms with van der Waals surface area (Å²) in [6.45, 7) is 0. The molecule has 4 heteroatoms. The molecule has 2 aromatic rings. The van der Waals surface area contributed by atoms with Gasteiger partial charge in [0.1, 0.15) is 0 Å². The number of hydrogen-bond acceptors (Lipinski definition) is 4. The number of benzene rings is 1. The third-order valence-corrected chi connectivity index (χ3v) is 2.60. The maximum absolute atomic E-state index is 10.4. The van der Waals surface area contributed by atoms with Crippen LogP contribution in [-0.2, 0) is 0 Å². The lowest BCUT2D eigenvalue weighted by atomic mass is 10.1. The summed E-state index contributed by atoms with van der Waals surface area (Å²) in [5.41, 5.74) is 8.08. The second kappa shape index (κ2) is 3.59. The minimum absolute atomic E-state index is 0.497. The van der Waals surface area contributed by atoms with Crippen LogP contribution in [0.25, 0.3) is 11.3 Å². The monoisotopic (exact) mass is 204 g/mol. The van der Waals surface area contributed by atoms with Crippen molar-refractivity contribution in [2.45, 2.75) is 0 Å². The van der Waals surface area contributed by atoms with Gasteiger partial charge in [-0.25, -0.2) is 4.98 Å². The summed E-state index contributed by atoms with van der Waals surface area (Å²) in [6.07, 6.45) is 0.755. The van der Waals surface area contributed by atoms with E-state index < -0.39 is 0 Å². The number of aromatic nitrogens is 1. The van der Waals surface area contributed by atoms with Gasteiger partial charge < -0.3 is 5.73 Å². The van der Waals surface area contributed by atoms with Gasteiger partial charge in [-0.1, -0.05) is 12.1 Å². The number of nitrogens with zero attached hydrogens (tertiary/aromatic N) is 1. The predicted molar refractivity (Wildman–Crippen MR) is 57.3 cm³/mol. The zero-order chi connectivity index (χ0) is 9.97. The molecule has 0 atom stereocenters. The van der Waals surface area contributed by atoms with Gasteiger partial charge in [0.05, 0.1) is 5.69 Å². The Balaban J connectivity index is 2.39. The van der Waals surface area contributed by atoms with Crippen molar-refractivity contribution in [3.63, 3.8) is 0 Å². The summed E-state index contributed by atoms with van der Waals surface area (Å²) in [5.74, 6) is 0. The number of carbonyl (C=O) groups excluding carboxylic acids is 1. The number of rotatable bonds is 2. The number of nitrogens with two attached hydrogens (primary N) is 1. The first-order valence-electron chi connectivity index (χ1n) is 4.06. The van der Waals surface area contributed by atoms with Gasteiger partial charge in [-0.3, -0.25) is 4.79 Å². The molecule has 1 aromatic carbocycles. The third kappa shape index (κ3) is 1.65. The van der Waals surface area contributed by atoms with Crippen molar-refractivity contribution in [3.05, 3.63) is 34.7 Å². The van der Waals surface area contributed by atoms with Crippen LogP contribution in [0.2, 0.25) is 0 Å². The molecule has 2 N–H and O–H groups in total. The molecule has 0 saturated heterocycles. The van der Waals surface area contributed by atoms with Crippen LogP contribution in [0, 0.1) is 0 Å². The number of nitrogen functional groups attached to an aromatic ring is 1. The average Bonchev–Trinajstić information content (AvgIpc) is 2.67. The molecule has 0 spiro atoms. The number of aldehydes is 1. The van der Waals surface area contributed by atoms with Crippen molar-refractivity contribution >= 4 is 23.3 Å². The molecule has 2 rings (SSSR count). The SMILES string of the molecule is Nc1ccc(-c2csc(C=O)n2)cc1. The van der Waals surface area contributed by atoms with E-state index in [4.69, 9.17) is 5.73 Å². The highest BCUT2D eigenvalue weighted by Crippen LogP contribution is 2.21. The zero-order valence-electron chi connectivity index (χ0n) is 7.31. The molecule has 3 nitrogen and oxygen atoms in total.